The number of amides is 1. The summed E-state index contributed by atoms with van der Waals surface area (Å²) in [5.74, 6) is 0.862. The van der Waals surface area contributed by atoms with Crippen molar-refractivity contribution in [1.82, 2.24) is 15.5 Å². The Morgan fingerprint density at radius 1 is 1.31 bits per heavy atom. The normalized spacial score (nSPS) is 15.4. The zero-order chi connectivity index (χ0) is 18.2. The molecule has 8 heteroatoms. The summed E-state index contributed by atoms with van der Waals surface area (Å²) < 4.78 is 0. The molecule has 146 valence electrons. The molecular weight excluding hydrogens is 486 g/mol. The molecule has 1 aromatic rings. The SMILES string of the molecule is CCNC(=NCCC(=O)N1CCCC1)NC(C)c1ccc(Cl)cc1Cl.I. The van der Waals surface area contributed by atoms with E-state index in [1.807, 2.05) is 30.9 Å². The molecule has 0 radical (unpaired) electrons. The third-order valence-corrected chi connectivity index (χ3v) is 4.74. The van der Waals surface area contributed by atoms with E-state index >= 15 is 0 Å². The van der Waals surface area contributed by atoms with Crippen LogP contribution in [0.25, 0.3) is 0 Å². The number of hydrogen-bond donors (Lipinski definition) is 2. The van der Waals surface area contributed by atoms with Crippen LogP contribution in [0.1, 0.15) is 44.7 Å². The molecule has 1 atom stereocenters. The van der Waals surface area contributed by atoms with E-state index in [1.54, 1.807) is 6.07 Å². The lowest BCUT2D eigenvalue weighted by atomic mass is 10.1. The van der Waals surface area contributed by atoms with E-state index in [1.165, 1.54) is 0 Å². The highest BCUT2D eigenvalue weighted by molar-refractivity contribution is 14.0. The Bertz CT molecular complexity index is 621. The second-order valence-electron chi connectivity index (χ2n) is 6.13. The standard InChI is InChI=1S/C18H26Cl2N4O.HI/c1-3-21-18(22-9-8-17(25)24-10-4-5-11-24)23-13(2)15-7-6-14(19)12-16(15)20;/h6-7,12-13H,3-5,8-11H2,1-2H3,(H2,21,22,23);1H. The summed E-state index contributed by atoms with van der Waals surface area (Å²) in [4.78, 5) is 18.5. The molecule has 1 aliphatic heterocycles. The molecule has 26 heavy (non-hydrogen) atoms. The van der Waals surface area contributed by atoms with Gasteiger partial charge in [-0.3, -0.25) is 9.79 Å². The van der Waals surface area contributed by atoms with Crippen LogP contribution < -0.4 is 10.6 Å². The van der Waals surface area contributed by atoms with Gasteiger partial charge in [-0.25, -0.2) is 0 Å². The van der Waals surface area contributed by atoms with Gasteiger partial charge in [0.25, 0.3) is 0 Å². The molecule has 1 unspecified atom stereocenters. The molecular formula is C18H27Cl2IN4O. The summed E-state index contributed by atoms with van der Waals surface area (Å²) in [6.07, 6.45) is 2.66. The minimum atomic E-state index is -0.0307. The Balaban J connectivity index is 0.00000338. The zero-order valence-corrected chi connectivity index (χ0v) is 19.1. The van der Waals surface area contributed by atoms with Crippen LogP contribution >= 0.6 is 47.2 Å². The zero-order valence-electron chi connectivity index (χ0n) is 15.2. The van der Waals surface area contributed by atoms with E-state index in [-0.39, 0.29) is 35.9 Å². The molecule has 1 aromatic carbocycles. The molecule has 0 aromatic heterocycles. The van der Waals surface area contributed by atoms with Crippen LogP contribution in [-0.2, 0) is 4.79 Å². The topological polar surface area (TPSA) is 56.7 Å². The van der Waals surface area contributed by atoms with Crippen molar-refractivity contribution >= 4 is 59.0 Å². The van der Waals surface area contributed by atoms with E-state index in [0.29, 0.717) is 29.0 Å². The predicted molar refractivity (Wildman–Crippen MR) is 120 cm³/mol. The van der Waals surface area contributed by atoms with Crippen molar-refractivity contribution in [1.29, 1.82) is 0 Å². The number of benzene rings is 1. The van der Waals surface area contributed by atoms with Crippen LogP contribution in [0.2, 0.25) is 10.0 Å². The van der Waals surface area contributed by atoms with Crippen LogP contribution in [0, 0.1) is 0 Å². The fraction of sp³-hybridized carbons (Fsp3) is 0.556. The van der Waals surface area contributed by atoms with Crippen molar-refractivity contribution in [2.75, 3.05) is 26.2 Å². The lowest BCUT2D eigenvalue weighted by Crippen LogP contribution is -2.39. The minimum Gasteiger partial charge on any atom is -0.357 e. The summed E-state index contributed by atoms with van der Waals surface area (Å²) in [6, 6.07) is 5.43. The number of aliphatic imine (C=N–C) groups is 1. The number of halogens is 3. The van der Waals surface area contributed by atoms with Crippen LogP contribution in [0.15, 0.2) is 23.2 Å². The van der Waals surface area contributed by atoms with Crippen LogP contribution in [0.5, 0.6) is 0 Å². The average Bonchev–Trinajstić information content (AvgIpc) is 3.09. The Kier molecular flexibility index (Phi) is 10.6. The third-order valence-electron chi connectivity index (χ3n) is 4.18. The second kappa shape index (κ2) is 11.9. The fourth-order valence-electron chi connectivity index (χ4n) is 2.84. The number of nitrogens with one attached hydrogen (secondary N) is 2. The van der Waals surface area contributed by atoms with E-state index in [4.69, 9.17) is 23.2 Å². The summed E-state index contributed by atoms with van der Waals surface area (Å²) in [6.45, 7) is 6.99. The lowest BCUT2D eigenvalue weighted by molar-refractivity contribution is -0.129. The third kappa shape index (κ3) is 7.12. The Morgan fingerprint density at radius 3 is 2.62 bits per heavy atom. The van der Waals surface area contributed by atoms with Crippen LogP contribution in [0.3, 0.4) is 0 Å². The number of nitrogens with zero attached hydrogens (tertiary/aromatic N) is 2. The quantitative estimate of drug-likeness (QED) is 0.340. The first-order valence-corrected chi connectivity index (χ1v) is 9.54. The molecule has 0 spiro atoms. The maximum atomic E-state index is 12.1. The first kappa shape index (κ1) is 23.3. The predicted octanol–water partition coefficient (Wildman–Crippen LogP) is 4.24. The van der Waals surface area contributed by atoms with Gasteiger partial charge in [0.05, 0.1) is 12.6 Å². The van der Waals surface area contributed by atoms with Crippen molar-refractivity contribution < 1.29 is 4.79 Å². The molecule has 5 nitrogen and oxygen atoms in total. The highest BCUT2D eigenvalue weighted by atomic mass is 127. The fourth-order valence-corrected chi connectivity index (χ4v) is 3.42. The maximum absolute atomic E-state index is 12.1. The smallest absolute Gasteiger partial charge is 0.224 e. The van der Waals surface area contributed by atoms with Crippen LogP contribution in [0.4, 0.5) is 0 Å². The van der Waals surface area contributed by atoms with E-state index in [0.717, 1.165) is 38.0 Å². The number of carbonyl (C=O) groups excluding carboxylic acids is 1. The second-order valence-corrected chi connectivity index (χ2v) is 6.97. The Hall–Kier alpha value is -0.730. The number of likely N-dealkylation sites (tertiary alicyclic amines) is 1. The summed E-state index contributed by atoms with van der Waals surface area (Å²) >= 11 is 12.2. The summed E-state index contributed by atoms with van der Waals surface area (Å²) in [7, 11) is 0. The van der Waals surface area contributed by atoms with E-state index in [9.17, 15) is 4.79 Å². The lowest BCUT2D eigenvalue weighted by Gasteiger charge is -2.19. The molecule has 0 aliphatic carbocycles. The van der Waals surface area contributed by atoms with Crippen molar-refractivity contribution in [3.05, 3.63) is 33.8 Å². The van der Waals surface area contributed by atoms with Gasteiger partial charge in [0.2, 0.25) is 5.91 Å². The number of guanidine groups is 1. The van der Waals surface area contributed by atoms with Gasteiger partial charge in [-0.05, 0) is 44.4 Å². The number of rotatable bonds is 6. The van der Waals surface area contributed by atoms with Gasteiger partial charge in [-0.15, -0.1) is 24.0 Å². The Morgan fingerprint density at radius 2 is 2.00 bits per heavy atom. The van der Waals surface area contributed by atoms with Crippen molar-refractivity contribution in [3.8, 4) is 0 Å². The minimum absolute atomic E-state index is 0. The first-order chi connectivity index (χ1) is 12.0. The highest BCUT2D eigenvalue weighted by Gasteiger charge is 2.17. The van der Waals surface area contributed by atoms with Crippen molar-refractivity contribution in [2.24, 2.45) is 4.99 Å². The monoisotopic (exact) mass is 512 g/mol. The van der Waals surface area contributed by atoms with Gasteiger partial charge in [0, 0.05) is 36.1 Å². The molecule has 2 N–H and O–H groups in total. The summed E-state index contributed by atoms with van der Waals surface area (Å²) in [5, 5.41) is 7.76. The number of carbonyl (C=O) groups is 1. The van der Waals surface area contributed by atoms with E-state index in [2.05, 4.69) is 15.6 Å². The number of hydrogen-bond acceptors (Lipinski definition) is 2. The maximum Gasteiger partial charge on any atom is 0.224 e. The van der Waals surface area contributed by atoms with Gasteiger partial charge >= 0.3 is 0 Å². The molecule has 1 fully saturated rings. The molecule has 0 saturated carbocycles. The largest absolute Gasteiger partial charge is 0.357 e. The summed E-state index contributed by atoms with van der Waals surface area (Å²) in [5.41, 5.74) is 0.949. The average molecular weight is 513 g/mol. The molecule has 1 aliphatic rings. The van der Waals surface area contributed by atoms with Gasteiger partial charge in [0.1, 0.15) is 0 Å². The Labute approximate surface area is 182 Å². The van der Waals surface area contributed by atoms with Gasteiger partial charge in [-0.1, -0.05) is 29.3 Å². The van der Waals surface area contributed by atoms with E-state index < -0.39 is 0 Å². The molecule has 1 saturated heterocycles. The van der Waals surface area contributed by atoms with Crippen molar-refractivity contribution in [2.45, 2.75) is 39.2 Å². The highest BCUT2D eigenvalue weighted by Crippen LogP contribution is 2.25. The molecule has 1 amide bonds. The van der Waals surface area contributed by atoms with Crippen molar-refractivity contribution in [3.63, 3.8) is 0 Å². The molecule has 0 bridgehead atoms. The molecule has 1 heterocycles. The van der Waals surface area contributed by atoms with Gasteiger partial charge in [0.15, 0.2) is 5.96 Å². The first-order valence-electron chi connectivity index (χ1n) is 8.78. The van der Waals surface area contributed by atoms with Gasteiger partial charge in [-0.2, -0.15) is 0 Å². The van der Waals surface area contributed by atoms with Crippen LogP contribution in [-0.4, -0.2) is 42.9 Å². The van der Waals surface area contributed by atoms with Gasteiger partial charge < -0.3 is 15.5 Å². The molecule has 2 rings (SSSR count).